The average molecular weight is 684 g/mol. The van der Waals surface area contributed by atoms with Gasteiger partial charge >= 0.3 is 0 Å². The molecule has 3 heterocycles. The lowest BCUT2D eigenvalue weighted by atomic mass is 9.79. The number of nitrogens with one attached hydrogen (secondary N) is 1. The van der Waals surface area contributed by atoms with Gasteiger partial charge in [0.2, 0.25) is 5.91 Å². The summed E-state index contributed by atoms with van der Waals surface area (Å²) in [6, 6.07) is 22.8. The fraction of sp³-hybridized carbons (Fsp3) is 0.500. The second kappa shape index (κ2) is 16.4. The van der Waals surface area contributed by atoms with Crippen molar-refractivity contribution in [1.29, 1.82) is 0 Å². The molecule has 3 aromatic carbocycles. The highest BCUT2D eigenvalue weighted by molar-refractivity contribution is 6.01. The first-order chi connectivity index (χ1) is 24.6. The molecule has 7 rings (SSSR count). The maximum Gasteiger partial charge on any atom is 0.265 e. The van der Waals surface area contributed by atoms with E-state index in [0.29, 0.717) is 38.7 Å². The molecule has 1 saturated carbocycles. The molecular formula is C40H49N3O7. The van der Waals surface area contributed by atoms with Crippen LogP contribution in [0.2, 0.25) is 0 Å². The third kappa shape index (κ3) is 8.15. The van der Waals surface area contributed by atoms with Crippen molar-refractivity contribution in [3.63, 3.8) is 0 Å². The molecule has 50 heavy (non-hydrogen) atoms. The number of carbonyl (C=O) groups is 2. The van der Waals surface area contributed by atoms with Crippen LogP contribution in [0.15, 0.2) is 66.7 Å². The quantitative estimate of drug-likeness (QED) is 0.209. The van der Waals surface area contributed by atoms with Crippen molar-refractivity contribution >= 4 is 23.2 Å². The zero-order valence-corrected chi connectivity index (χ0v) is 29.0. The molecule has 10 nitrogen and oxygen atoms in total. The Balaban J connectivity index is 1.05. The Labute approximate surface area is 295 Å². The Hall–Kier alpha value is -3.96. The molecule has 1 aliphatic carbocycles. The highest BCUT2D eigenvalue weighted by Crippen LogP contribution is 2.42. The highest BCUT2D eigenvalue weighted by atomic mass is 16.7. The summed E-state index contributed by atoms with van der Waals surface area (Å²) < 4.78 is 28.4. The Morgan fingerprint density at radius 2 is 1.84 bits per heavy atom. The number of hydrogen-bond donors (Lipinski definition) is 1. The van der Waals surface area contributed by atoms with E-state index in [4.69, 9.17) is 23.7 Å². The lowest BCUT2D eigenvalue weighted by Crippen LogP contribution is -2.47. The first kappa shape index (κ1) is 34.5. The summed E-state index contributed by atoms with van der Waals surface area (Å²) in [6.45, 7) is 4.34. The van der Waals surface area contributed by atoms with Crippen LogP contribution in [0.3, 0.4) is 0 Å². The lowest BCUT2D eigenvalue weighted by molar-refractivity contribution is -0.165. The summed E-state index contributed by atoms with van der Waals surface area (Å²) in [5.41, 5.74) is 4.93. The van der Waals surface area contributed by atoms with Crippen LogP contribution in [0.5, 0.6) is 11.5 Å². The average Bonchev–Trinajstić information content (AvgIpc) is 4.00. The van der Waals surface area contributed by atoms with Gasteiger partial charge in [0, 0.05) is 45.1 Å². The van der Waals surface area contributed by atoms with Crippen LogP contribution < -0.4 is 24.6 Å². The number of rotatable bonds is 14. The number of fused-ring (bicyclic) bond motifs is 1. The van der Waals surface area contributed by atoms with Crippen molar-refractivity contribution in [3.05, 3.63) is 72.3 Å². The van der Waals surface area contributed by atoms with Crippen LogP contribution >= 0.6 is 0 Å². The van der Waals surface area contributed by atoms with E-state index in [2.05, 4.69) is 41.7 Å². The molecule has 4 aliphatic rings. The van der Waals surface area contributed by atoms with Gasteiger partial charge in [-0.25, -0.2) is 0 Å². The molecule has 3 aromatic rings. The molecule has 2 saturated heterocycles. The number of nitrogens with zero attached hydrogens (tertiary/aromatic N) is 2. The molecular weight excluding hydrogens is 634 g/mol. The first-order valence-corrected chi connectivity index (χ1v) is 18.3. The third-order valence-corrected chi connectivity index (χ3v) is 10.1. The zero-order chi connectivity index (χ0) is 34.3. The molecule has 3 atom stereocenters. The minimum absolute atomic E-state index is 0.0168. The summed E-state index contributed by atoms with van der Waals surface area (Å²) in [4.78, 5) is 31.2. The van der Waals surface area contributed by atoms with Crippen molar-refractivity contribution in [2.45, 2.75) is 63.2 Å². The van der Waals surface area contributed by atoms with Gasteiger partial charge < -0.3 is 38.8 Å². The summed E-state index contributed by atoms with van der Waals surface area (Å²) >= 11 is 0. The van der Waals surface area contributed by atoms with Crippen molar-refractivity contribution in [2.75, 3.05) is 69.6 Å². The van der Waals surface area contributed by atoms with Crippen LogP contribution in [-0.4, -0.2) is 83.9 Å². The molecule has 1 unspecified atom stereocenters. The number of carbonyl (C=O) groups excluding carboxylic acids is 2. The Bertz CT molecular complexity index is 1600. The lowest BCUT2D eigenvalue weighted by Gasteiger charge is -2.36. The van der Waals surface area contributed by atoms with E-state index in [0.717, 1.165) is 86.3 Å². The number of amides is 2. The standard InChI is InChI=1S/C40H49N3O7/c1-46-20-5-19-42-36-25-32(13-16-37(36)50-27-38(42)44)43(31-11-12-31)40(45)35-26-41-18-17-34(35)30-7-4-6-29(24-30)28-9-14-33(15-10-28)47-22-23-49-39-8-2-3-21-48-39/h4,6-7,9-10,13-16,24-25,31,34-35,39,41H,2-3,5,8,11-12,17-23,26-27H2,1H3/t34-,35+,39?/m1/s1. The number of ether oxygens (including phenoxy) is 5. The molecule has 0 spiro atoms. The summed E-state index contributed by atoms with van der Waals surface area (Å²) in [5.74, 6) is 1.38. The maximum atomic E-state index is 14.6. The molecule has 0 radical (unpaired) electrons. The van der Waals surface area contributed by atoms with Crippen LogP contribution in [-0.2, 0) is 23.8 Å². The van der Waals surface area contributed by atoms with Crippen molar-refractivity contribution in [3.8, 4) is 22.6 Å². The summed E-state index contributed by atoms with van der Waals surface area (Å²) in [7, 11) is 1.66. The topological polar surface area (TPSA) is 98.8 Å². The van der Waals surface area contributed by atoms with Gasteiger partial charge in [0.25, 0.3) is 5.91 Å². The van der Waals surface area contributed by atoms with Gasteiger partial charge in [-0.05, 0) is 104 Å². The molecule has 1 N–H and O–H groups in total. The number of piperidine rings is 1. The van der Waals surface area contributed by atoms with Crippen molar-refractivity contribution in [2.24, 2.45) is 5.92 Å². The van der Waals surface area contributed by atoms with E-state index in [-0.39, 0.29) is 42.6 Å². The van der Waals surface area contributed by atoms with Gasteiger partial charge in [0.15, 0.2) is 12.9 Å². The summed E-state index contributed by atoms with van der Waals surface area (Å²) in [5, 5.41) is 3.50. The number of methoxy groups -OCH3 is 1. The van der Waals surface area contributed by atoms with E-state index in [9.17, 15) is 9.59 Å². The van der Waals surface area contributed by atoms with Crippen LogP contribution in [0, 0.1) is 5.92 Å². The molecule has 0 aromatic heterocycles. The molecule has 266 valence electrons. The zero-order valence-electron chi connectivity index (χ0n) is 29.0. The largest absolute Gasteiger partial charge is 0.491 e. The number of anilines is 2. The predicted molar refractivity (Wildman–Crippen MR) is 192 cm³/mol. The third-order valence-electron chi connectivity index (χ3n) is 10.1. The predicted octanol–water partition coefficient (Wildman–Crippen LogP) is 5.93. The van der Waals surface area contributed by atoms with Crippen molar-refractivity contribution in [1.82, 2.24) is 5.32 Å². The van der Waals surface area contributed by atoms with Gasteiger partial charge in [0.05, 0.1) is 18.2 Å². The van der Waals surface area contributed by atoms with Crippen LogP contribution in [0.4, 0.5) is 11.4 Å². The molecule has 10 heteroatoms. The van der Waals surface area contributed by atoms with E-state index in [1.165, 1.54) is 5.56 Å². The second-order valence-corrected chi connectivity index (χ2v) is 13.6. The molecule has 0 bridgehead atoms. The highest BCUT2D eigenvalue weighted by Gasteiger charge is 2.41. The fourth-order valence-electron chi connectivity index (χ4n) is 7.37. The Kier molecular flexibility index (Phi) is 11.3. The monoisotopic (exact) mass is 683 g/mol. The van der Waals surface area contributed by atoms with Gasteiger partial charge in [-0.15, -0.1) is 0 Å². The van der Waals surface area contributed by atoms with Crippen LogP contribution in [0.25, 0.3) is 11.1 Å². The smallest absolute Gasteiger partial charge is 0.265 e. The van der Waals surface area contributed by atoms with Gasteiger partial charge in [-0.3, -0.25) is 9.59 Å². The molecule has 3 fully saturated rings. The van der Waals surface area contributed by atoms with Crippen molar-refractivity contribution < 1.29 is 33.3 Å². The normalized spacial score (nSPS) is 22.1. The van der Waals surface area contributed by atoms with E-state index >= 15 is 0 Å². The minimum Gasteiger partial charge on any atom is -0.491 e. The summed E-state index contributed by atoms with van der Waals surface area (Å²) in [6.07, 6.45) is 6.62. The van der Waals surface area contributed by atoms with Gasteiger partial charge in [-0.2, -0.15) is 0 Å². The maximum absolute atomic E-state index is 14.6. The number of benzene rings is 3. The molecule has 3 aliphatic heterocycles. The van der Waals surface area contributed by atoms with E-state index in [1.54, 1.807) is 12.0 Å². The second-order valence-electron chi connectivity index (χ2n) is 13.6. The Morgan fingerprint density at radius 1 is 0.960 bits per heavy atom. The number of hydrogen-bond acceptors (Lipinski definition) is 8. The Morgan fingerprint density at radius 3 is 2.64 bits per heavy atom. The molecule has 2 amide bonds. The van der Waals surface area contributed by atoms with E-state index < -0.39 is 0 Å². The van der Waals surface area contributed by atoms with E-state index in [1.807, 2.05) is 35.2 Å². The van der Waals surface area contributed by atoms with Gasteiger partial charge in [-0.1, -0.05) is 36.4 Å². The SMILES string of the molecule is COCCCN1C(=O)COc2ccc(N(C(=O)[C@H]3CNCC[C@@H]3c3cccc(-c4ccc(OCCOC5CCCCO5)cc4)c3)C3CC3)cc21. The fourth-order valence-corrected chi connectivity index (χ4v) is 7.37. The first-order valence-electron chi connectivity index (χ1n) is 18.3. The van der Waals surface area contributed by atoms with Gasteiger partial charge in [0.1, 0.15) is 18.1 Å². The minimum atomic E-state index is -0.219. The van der Waals surface area contributed by atoms with Crippen LogP contribution in [0.1, 0.15) is 56.4 Å².